The van der Waals surface area contributed by atoms with Crippen LogP contribution in [0.1, 0.15) is 36.2 Å². The standard InChI is InChI=1S/C14H15ClN6O/c1-22-8-13-19-14-10(3-2-6-21(14)20-13)17-12-5-4-9(15)11(7-16)18-12/h4-5,10H,2-3,6,8H2,1H3,(H,17,18). The number of anilines is 1. The number of pyridine rings is 1. The molecule has 8 heteroatoms. The average Bonchev–Trinajstić information content (AvgIpc) is 2.93. The first kappa shape index (κ1) is 14.8. The number of ether oxygens (including phenoxy) is 1. The molecular formula is C14H15ClN6O. The Hall–Kier alpha value is -2.17. The lowest BCUT2D eigenvalue weighted by Gasteiger charge is -2.23. The maximum absolute atomic E-state index is 9.00. The summed E-state index contributed by atoms with van der Waals surface area (Å²) in [6.45, 7) is 1.24. The van der Waals surface area contributed by atoms with Gasteiger partial charge in [-0.25, -0.2) is 14.6 Å². The number of aromatic nitrogens is 4. The number of aryl methyl sites for hydroxylation is 1. The van der Waals surface area contributed by atoms with Gasteiger partial charge in [0.15, 0.2) is 11.5 Å². The molecular weight excluding hydrogens is 304 g/mol. The van der Waals surface area contributed by atoms with Crippen LogP contribution in [0.25, 0.3) is 0 Å². The summed E-state index contributed by atoms with van der Waals surface area (Å²) < 4.78 is 6.98. The molecule has 0 aliphatic carbocycles. The van der Waals surface area contributed by atoms with E-state index < -0.39 is 0 Å². The number of hydrogen-bond donors (Lipinski definition) is 1. The van der Waals surface area contributed by atoms with E-state index in [2.05, 4.69) is 20.4 Å². The van der Waals surface area contributed by atoms with Crippen molar-refractivity contribution in [1.82, 2.24) is 19.7 Å². The van der Waals surface area contributed by atoms with Gasteiger partial charge in [-0.3, -0.25) is 0 Å². The SMILES string of the molecule is COCc1nc2n(n1)CCCC2Nc1ccc(Cl)c(C#N)n1. The number of hydrogen-bond acceptors (Lipinski definition) is 6. The molecule has 2 aromatic heterocycles. The number of halogens is 1. The molecule has 0 aromatic carbocycles. The van der Waals surface area contributed by atoms with Crippen molar-refractivity contribution in [1.29, 1.82) is 5.26 Å². The summed E-state index contributed by atoms with van der Waals surface area (Å²) in [6, 6.07) is 5.41. The van der Waals surface area contributed by atoms with E-state index in [1.54, 1.807) is 19.2 Å². The maximum atomic E-state index is 9.00. The molecule has 22 heavy (non-hydrogen) atoms. The Morgan fingerprint density at radius 2 is 2.36 bits per heavy atom. The number of nitrogens with zero attached hydrogens (tertiary/aromatic N) is 5. The van der Waals surface area contributed by atoms with Gasteiger partial charge in [0.05, 0.1) is 11.1 Å². The molecule has 114 valence electrons. The summed E-state index contributed by atoms with van der Waals surface area (Å²) >= 11 is 5.91. The van der Waals surface area contributed by atoms with Crippen LogP contribution in [0, 0.1) is 11.3 Å². The van der Waals surface area contributed by atoms with E-state index in [9.17, 15) is 0 Å². The summed E-state index contributed by atoms with van der Waals surface area (Å²) in [6.07, 6.45) is 1.93. The second-order valence-electron chi connectivity index (χ2n) is 5.02. The molecule has 0 saturated carbocycles. The Morgan fingerprint density at radius 3 is 3.14 bits per heavy atom. The third kappa shape index (κ3) is 2.89. The molecule has 1 atom stereocenters. The smallest absolute Gasteiger partial charge is 0.176 e. The molecule has 1 unspecified atom stereocenters. The predicted octanol–water partition coefficient (Wildman–Crippen LogP) is 2.29. The van der Waals surface area contributed by atoms with Crippen LogP contribution in [0.4, 0.5) is 5.82 Å². The molecule has 0 saturated heterocycles. The highest BCUT2D eigenvalue weighted by atomic mass is 35.5. The number of nitriles is 1. The zero-order chi connectivity index (χ0) is 15.5. The minimum absolute atomic E-state index is 0.00655. The normalized spacial score (nSPS) is 16.9. The Labute approximate surface area is 132 Å². The average molecular weight is 319 g/mol. The minimum Gasteiger partial charge on any atom is -0.377 e. The van der Waals surface area contributed by atoms with Gasteiger partial charge in [-0.15, -0.1) is 0 Å². The van der Waals surface area contributed by atoms with Crippen LogP contribution in [0.2, 0.25) is 5.02 Å². The largest absolute Gasteiger partial charge is 0.377 e. The van der Waals surface area contributed by atoms with Crippen LogP contribution in [-0.2, 0) is 17.9 Å². The van der Waals surface area contributed by atoms with Crippen molar-refractivity contribution in [2.75, 3.05) is 12.4 Å². The highest BCUT2D eigenvalue weighted by Crippen LogP contribution is 2.27. The fourth-order valence-corrected chi connectivity index (χ4v) is 2.65. The molecule has 0 radical (unpaired) electrons. The van der Waals surface area contributed by atoms with E-state index in [0.717, 1.165) is 25.2 Å². The monoisotopic (exact) mass is 318 g/mol. The van der Waals surface area contributed by atoms with Crippen molar-refractivity contribution in [3.8, 4) is 6.07 Å². The molecule has 0 fully saturated rings. The van der Waals surface area contributed by atoms with Gasteiger partial charge in [-0.05, 0) is 25.0 Å². The van der Waals surface area contributed by atoms with E-state index in [0.29, 0.717) is 23.3 Å². The summed E-state index contributed by atoms with van der Waals surface area (Å²) in [7, 11) is 1.62. The van der Waals surface area contributed by atoms with Gasteiger partial charge in [0, 0.05) is 13.7 Å². The van der Waals surface area contributed by atoms with Gasteiger partial charge in [0.1, 0.15) is 24.3 Å². The molecule has 0 spiro atoms. The number of methoxy groups -OCH3 is 1. The zero-order valence-corrected chi connectivity index (χ0v) is 12.8. The molecule has 1 N–H and O–H groups in total. The van der Waals surface area contributed by atoms with Crippen molar-refractivity contribution in [2.24, 2.45) is 0 Å². The van der Waals surface area contributed by atoms with Gasteiger partial charge in [0.2, 0.25) is 0 Å². The van der Waals surface area contributed by atoms with Crippen LogP contribution in [0.3, 0.4) is 0 Å². The number of rotatable bonds is 4. The molecule has 1 aliphatic heterocycles. The van der Waals surface area contributed by atoms with Crippen molar-refractivity contribution < 1.29 is 4.74 Å². The number of fused-ring (bicyclic) bond motifs is 1. The highest BCUT2D eigenvalue weighted by Gasteiger charge is 2.24. The van der Waals surface area contributed by atoms with Crippen LogP contribution in [0.5, 0.6) is 0 Å². The first-order valence-corrected chi connectivity index (χ1v) is 7.35. The summed E-state index contributed by atoms with van der Waals surface area (Å²) in [5.74, 6) is 2.15. The molecule has 2 aromatic rings. The lowest BCUT2D eigenvalue weighted by Crippen LogP contribution is -2.23. The second-order valence-corrected chi connectivity index (χ2v) is 5.43. The fraction of sp³-hybridized carbons (Fsp3) is 0.429. The first-order chi connectivity index (χ1) is 10.7. The van der Waals surface area contributed by atoms with Crippen molar-refractivity contribution in [2.45, 2.75) is 32.0 Å². The van der Waals surface area contributed by atoms with Gasteiger partial charge in [-0.2, -0.15) is 10.4 Å². The maximum Gasteiger partial charge on any atom is 0.176 e. The quantitative estimate of drug-likeness (QED) is 0.930. The van der Waals surface area contributed by atoms with E-state index in [1.807, 2.05) is 10.8 Å². The Balaban J connectivity index is 1.84. The molecule has 1 aliphatic rings. The third-order valence-corrected chi connectivity index (χ3v) is 3.77. The zero-order valence-electron chi connectivity index (χ0n) is 12.1. The summed E-state index contributed by atoms with van der Waals surface area (Å²) in [5.41, 5.74) is 0.212. The molecule has 0 amide bonds. The second kappa shape index (κ2) is 6.30. The Morgan fingerprint density at radius 1 is 1.50 bits per heavy atom. The fourth-order valence-electron chi connectivity index (χ4n) is 2.51. The first-order valence-electron chi connectivity index (χ1n) is 6.97. The predicted molar refractivity (Wildman–Crippen MR) is 80.3 cm³/mol. The molecule has 7 nitrogen and oxygen atoms in total. The Bertz CT molecular complexity index is 723. The van der Waals surface area contributed by atoms with Crippen LogP contribution in [-0.4, -0.2) is 26.9 Å². The van der Waals surface area contributed by atoms with Crippen LogP contribution < -0.4 is 5.32 Å². The highest BCUT2D eigenvalue weighted by molar-refractivity contribution is 6.31. The van der Waals surface area contributed by atoms with E-state index in [4.69, 9.17) is 21.6 Å². The van der Waals surface area contributed by atoms with Crippen LogP contribution in [0.15, 0.2) is 12.1 Å². The van der Waals surface area contributed by atoms with E-state index in [-0.39, 0.29) is 11.7 Å². The number of nitrogens with one attached hydrogen (secondary N) is 1. The van der Waals surface area contributed by atoms with E-state index in [1.165, 1.54) is 0 Å². The van der Waals surface area contributed by atoms with Gasteiger partial charge in [0.25, 0.3) is 0 Å². The van der Waals surface area contributed by atoms with Crippen molar-refractivity contribution in [3.63, 3.8) is 0 Å². The summed E-state index contributed by atoms with van der Waals surface area (Å²) in [4.78, 5) is 8.74. The lowest BCUT2D eigenvalue weighted by atomic mass is 10.1. The van der Waals surface area contributed by atoms with E-state index >= 15 is 0 Å². The van der Waals surface area contributed by atoms with Crippen LogP contribution >= 0.6 is 11.6 Å². The topological polar surface area (TPSA) is 88.6 Å². The lowest BCUT2D eigenvalue weighted by molar-refractivity contribution is 0.177. The Kier molecular flexibility index (Phi) is 4.22. The van der Waals surface area contributed by atoms with Crippen molar-refractivity contribution >= 4 is 17.4 Å². The van der Waals surface area contributed by atoms with Gasteiger partial charge >= 0.3 is 0 Å². The van der Waals surface area contributed by atoms with Gasteiger partial charge < -0.3 is 10.1 Å². The third-order valence-electron chi connectivity index (χ3n) is 3.47. The minimum atomic E-state index is 0.00655. The molecule has 0 bridgehead atoms. The van der Waals surface area contributed by atoms with Crippen molar-refractivity contribution in [3.05, 3.63) is 34.5 Å². The molecule has 3 heterocycles. The summed E-state index contributed by atoms with van der Waals surface area (Å²) in [5, 5.41) is 17.1. The van der Waals surface area contributed by atoms with Gasteiger partial charge in [-0.1, -0.05) is 11.6 Å². The molecule has 3 rings (SSSR count).